The van der Waals surface area contributed by atoms with E-state index in [1.807, 2.05) is 12.1 Å². The molecule has 0 radical (unpaired) electrons. The number of hydrogen-bond donors (Lipinski definition) is 1. The zero-order chi connectivity index (χ0) is 16.2. The van der Waals surface area contributed by atoms with Crippen molar-refractivity contribution >= 4 is 5.78 Å². The molecular formula is C20H26O3. The largest absolute Gasteiger partial charge is 0.508 e. The fraction of sp³-hybridized carbons (Fsp3) is 0.650. The lowest BCUT2D eigenvalue weighted by atomic mass is 9.54. The second-order valence-corrected chi connectivity index (χ2v) is 8.00. The number of rotatable bonds is 2. The molecule has 3 aliphatic carbocycles. The number of aromatic hydroxyl groups is 1. The van der Waals surface area contributed by atoms with Gasteiger partial charge in [-0.3, -0.25) is 4.79 Å². The van der Waals surface area contributed by atoms with Crippen molar-refractivity contribution in [3.63, 3.8) is 0 Å². The van der Waals surface area contributed by atoms with E-state index in [2.05, 4.69) is 13.0 Å². The van der Waals surface area contributed by atoms with Crippen LogP contribution in [0.3, 0.4) is 0 Å². The van der Waals surface area contributed by atoms with Gasteiger partial charge in [0, 0.05) is 24.9 Å². The highest BCUT2D eigenvalue weighted by Crippen LogP contribution is 2.61. The van der Waals surface area contributed by atoms with Crippen molar-refractivity contribution in [1.82, 2.24) is 0 Å². The van der Waals surface area contributed by atoms with Crippen molar-refractivity contribution in [3.05, 3.63) is 29.3 Å². The highest BCUT2D eigenvalue weighted by atomic mass is 16.5. The number of benzene rings is 1. The van der Waals surface area contributed by atoms with Crippen molar-refractivity contribution in [2.45, 2.75) is 50.9 Å². The maximum atomic E-state index is 12.4. The third kappa shape index (κ3) is 2.16. The van der Waals surface area contributed by atoms with Gasteiger partial charge in [0.1, 0.15) is 11.5 Å². The van der Waals surface area contributed by atoms with E-state index in [1.165, 1.54) is 11.1 Å². The first-order valence-electron chi connectivity index (χ1n) is 8.89. The molecule has 0 unspecified atom stereocenters. The molecule has 3 nitrogen and oxygen atoms in total. The average molecular weight is 314 g/mol. The molecule has 1 N–H and O–H groups in total. The predicted octanol–water partition coefficient (Wildman–Crippen LogP) is 4.00. The van der Waals surface area contributed by atoms with Gasteiger partial charge < -0.3 is 9.84 Å². The van der Waals surface area contributed by atoms with Gasteiger partial charge in [-0.15, -0.1) is 0 Å². The summed E-state index contributed by atoms with van der Waals surface area (Å²) in [5, 5.41) is 9.91. The Morgan fingerprint density at radius 2 is 2.13 bits per heavy atom. The number of fused-ring (bicyclic) bond motifs is 5. The zero-order valence-corrected chi connectivity index (χ0v) is 14.0. The monoisotopic (exact) mass is 314 g/mol. The molecule has 4 rings (SSSR count). The molecule has 0 saturated heterocycles. The van der Waals surface area contributed by atoms with Crippen molar-refractivity contribution in [2.24, 2.45) is 17.3 Å². The number of Topliss-reactive ketones (excluding diaryl/α,β-unsaturated/α-hetero) is 1. The number of ether oxygens (including phenoxy) is 1. The van der Waals surface area contributed by atoms with Crippen molar-refractivity contribution < 1.29 is 14.6 Å². The van der Waals surface area contributed by atoms with E-state index < -0.39 is 0 Å². The van der Waals surface area contributed by atoms with Crippen LogP contribution >= 0.6 is 0 Å². The van der Waals surface area contributed by atoms with E-state index in [1.54, 1.807) is 7.11 Å². The van der Waals surface area contributed by atoms with Crippen LogP contribution in [-0.4, -0.2) is 24.6 Å². The van der Waals surface area contributed by atoms with Gasteiger partial charge in [-0.05, 0) is 66.7 Å². The maximum Gasteiger partial charge on any atom is 0.139 e. The standard InChI is InChI=1S/C20H26O3/c1-20-8-7-15-14-4-3-13(21)10-16(14)12(11-23-2)9-17(15)18(20)5-6-19(20)22/h3-4,10,12,15,17-18,21H,5-9,11H2,1-2H3/t12-,15+,17+,18-,20-/m0/s1. The van der Waals surface area contributed by atoms with Crippen LogP contribution in [-0.2, 0) is 9.53 Å². The van der Waals surface area contributed by atoms with Gasteiger partial charge in [0.15, 0.2) is 0 Å². The number of phenols is 1. The Morgan fingerprint density at radius 1 is 1.30 bits per heavy atom. The molecule has 0 heterocycles. The minimum absolute atomic E-state index is 0.0901. The molecular weight excluding hydrogens is 288 g/mol. The van der Waals surface area contributed by atoms with Crippen LogP contribution in [0.1, 0.15) is 62.0 Å². The highest BCUT2D eigenvalue weighted by Gasteiger charge is 2.55. The SMILES string of the molecule is COC[C@@H]1C[C@@H]2[C@H](CC[C@]3(C)C(=O)CC[C@@H]23)c2ccc(O)cc21. The summed E-state index contributed by atoms with van der Waals surface area (Å²) in [6.07, 6.45) is 5.03. The average Bonchev–Trinajstić information content (AvgIpc) is 2.83. The number of ketones is 1. The van der Waals surface area contributed by atoms with Gasteiger partial charge in [0.25, 0.3) is 0 Å². The van der Waals surface area contributed by atoms with E-state index in [4.69, 9.17) is 4.74 Å². The van der Waals surface area contributed by atoms with Crippen LogP contribution in [0, 0.1) is 17.3 Å². The summed E-state index contributed by atoms with van der Waals surface area (Å²) in [7, 11) is 1.75. The minimum atomic E-state index is -0.0901. The molecule has 2 fully saturated rings. The Hall–Kier alpha value is -1.35. The summed E-state index contributed by atoms with van der Waals surface area (Å²) in [4.78, 5) is 12.4. The van der Waals surface area contributed by atoms with Gasteiger partial charge in [-0.25, -0.2) is 0 Å². The lowest BCUT2D eigenvalue weighted by molar-refractivity contribution is -0.129. The Labute approximate surface area is 138 Å². The first kappa shape index (κ1) is 15.2. The van der Waals surface area contributed by atoms with Crippen molar-refractivity contribution in [1.29, 1.82) is 0 Å². The molecule has 23 heavy (non-hydrogen) atoms. The molecule has 0 spiro atoms. The quantitative estimate of drug-likeness (QED) is 0.897. The van der Waals surface area contributed by atoms with E-state index in [0.29, 0.717) is 41.8 Å². The summed E-state index contributed by atoms with van der Waals surface area (Å²) in [5.41, 5.74) is 2.57. The molecule has 3 aliphatic rings. The van der Waals surface area contributed by atoms with Crippen LogP contribution < -0.4 is 0 Å². The normalized spacial score (nSPS) is 38.8. The first-order valence-corrected chi connectivity index (χ1v) is 8.89. The summed E-state index contributed by atoms with van der Waals surface area (Å²) in [6, 6.07) is 5.87. The number of carbonyl (C=O) groups is 1. The molecule has 0 aliphatic heterocycles. The molecule has 2 saturated carbocycles. The third-order valence-electron chi connectivity index (χ3n) is 6.98. The van der Waals surface area contributed by atoms with E-state index in [-0.39, 0.29) is 5.41 Å². The Balaban J connectivity index is 1.76. The van der Waals surface area contributed by atoms with Crippen LogP contribution in [0.2, 0.25) is 0 Å². The molecule has 0 bridgehead atoms. The fourth-order valence-corrected chi connectivity index (χ4v) is 5.84. The number of phenolic OH excluding ortho intramolecular Hbond substituents is 1. The lowest BCUT2D eigenvalue weighted by Gasteiger charge is -2.50. The second kappa shape index (κ2) is 5.34. The highest BCUT2D eigenvalue weighted by molar-refractivity contribution is 5.87. The summed E-state index contributed by atoms with van der Waals surface area (Å²) in [6.45, 7) is 2.90. The minimum Gasteiger partial charge on any atom is -0.508 e. The molecule has 1 aromatic carbocycles. The number of carbonyl (C=O) groups excluding carboxylic acids is 1. The maximum absolute atomic E-state index is 12.4. The smallest absolute Gasteiger partial charge is 0.139 e. The number of methoxy groups -OCH3 is 1. The molecule has 124 valence electrons. The topological polar surface area (TPSA) is 46.5 Å². The van der Waals surface area contributed by atoms with Crippen LogP contribution in [0.25, 0.3) is 0 Å². The molecule has 0 amide bonds. The second-order valence-electron chi connectivity index (χ2n) is 8.00. The Bertz CT molecular complexity index is 638. The summed E-state index contributed by atoms with van der Waals surface area (Å²) >= 11 is 0. The summed E-state index contributed by atoms with van der Waals surface area (Å²) < 4.78 is 5.47. The first-order chi connectivity index (χ1) is 11.0. The Morgan fingerprint density at radius 3 is 2.91 bits per heavy atom. The van der Waals surface area contributed by atoms with E-state index in [9.17, 15) is 9.90 Å². The fourth-order valence-electron chi connectivity index (χ4n) is 5.84. The Kier molecular flexibility index (Phi) is 3.53. The van der Waals surface area contributed by atoms with Gasteiger partial charge in [0.2, 0.25) is 0 Å². The van der Waals surface area contributed by atoms with Crippen molar-refractivity contribution in [2.75, 3.05) is 13.7 Å². The molecule has 5 atom stereocenters. The number of hydrogen-bond acceptors (Lipinski definition) is 3. The van der Waals surface area contributed by atoms with Gasteiger partial charge in [-0.1, -0.05) is 13.0 Å². The molecule has 1 aromatic rings. The van der Waals surface area contributed by atoms with Crippen LogP contribution in [0.4, 0.5) is 0 Å². The predicted molar refractivity (Wildman–Crippen MR) is 88.6 cm³/mol. The van der Waals surface area contributed by atoms with Crippen LogP contribution in [0.15, 0.2) is 18.2 Å². The molecule has 3 heteroatoms. The van der Waals surface area contributed by atoms with Crippen molar-refractivity contribution in [3.8, 4) is 5.75 Å². The van der Waals surface area contributed by atoms with E-state index in [0.717, 1.165) is 32.1 Å². The van der Waals surface area contributed by atoms with Crippen LogP contribution in [0.5, 0.6) is 5.75 Å². The third-order valence-corrected chi connectivity index (χ3v) is 6.98. The zero-order valence-electron chi connectivity index (χ0n) is 14.0. The van der Waals surface area contributed by atoms with Gasteiger partial charge in [-0.2, -0.15) is 0 Å². The summed E-state index contributed by atoms with van der Waals surface area (Å²) in [5.74, 6) is 2.82. The van der Waals surface area contributed by atoms with Gasteiger partial charge >= 0.3 is 0 Å². The van der Waals surface area contributed by atoms with E-state index >= 15 is 0 Å². The van der Waals surface area contributed by atoms with Gasteiger partial charge in [0.05, 0.1) is 6.61 Å². The molecule has 0 aromatic heterocycles. The lowest BCUT2D eigenvalue weighted by Crippen LogP contribution is -2.43.